The number of aliphatic carboxylic acids is 1. The van der Waals surface area contributed by atoms with E-state index in [1.165, 1.54) is 12.5 Å². The number of oxazole rings is 1. The number of carboxylic acid groups (broad SMARTS) is 1. The Morgan fingerprint density at radius 1 is 1.50 bits per heavy atom. The molecule has 1 aliphatic heterocycles. The lowest BCUT2D eigenvalue weighted by Crippen LogP contribution is -2.28. The van der Waals surface area contributed by atoms with Gasteiger partial charge in [0, 0.05) is 12.5 Å². The lowest BCUT2D eigenvalue weighted by atomic mass is 9.92. The lowest BCUT2D eigenvalue weighted by Gasteiger charge is -2.24. The predicted molar refractivity (Wildman–Crippen MR) is 91.3 cm³/mol. The van der Waals surface area contributed by atoms with Crippen molar-refractivity contribution in [3.63, 3.8) is 0 Å². The standard InChI is InChI=1S/C18H18ClNO6/c1-2-13(17-20-5-6-24-17)25-15-9-14-11(8-12(15)19)7-10(18(23)26-14)3-4-16(21)22/h5-6,8-10,13H,2-4,7H2,1H3,(H,21,22). The second kappa shape index (κ2) is 7.78. The number of carbonyl (C=O) groups is 2. The number of hydrogen-bond acceptors (Lipinski definition) is 6. The second-order valence-electron chi connectivity index (χ2n) is 6.03. The van der Waals surface area contributed by atoms with E-state index >= 15 is 0 Å². The number of aromatic nitrogens is 1. The number of halogens is 1. The molecule has 138 valence electrons. The van der Waals surface area contributed by atoms with Crippen LogP contribution in [-0.2, 0) is 16.0 Å². The van der Waals surface area contributed by atoms with Gasteiger partial charge in [-0.3, -0.25) is 9.59 Å². The minimum Gasteiger partial charge on any atom is -0.481 e. The molecule has 2 atom stereocenters. The zero-order valence-corrected chi connectivity index (χ0v) is 14.9. The van der Waals surface area contributed by atoms with Gasteiger partial charge in [-0.05, 0) is 30.9 Å². The molecule has 1 N–H and O–H groups in total. The Kier molecular flexibility index (Phi) is 5.46. The number of benzene rings is 1. The third-order valence-electron chi connectivity index (χ3n) is 4.20. The summed E-state index contributed by atoms with van der Waals surface area (Å²) in [5, 5.41) is 9.17. The van der Waals surface area contributed by atoms with Crippen LogP contribution in [0, 0.1) is 5.92 Å². The molecule has 3 rings (SSSR count). The van der Waals surface area contributed by atoms with Crippen molar-refractivity contribution in [3.8, 4) is 11.5 Å². The number of carboxylic acids is 1. The molecule has 1 aromatic heterocycles. The zero-order chi connectivity index (χ0) is 18.7. The Balaban J connectivity index is 1.79. The molecule has 8 heteroatoms. The summed E-state index contributed by atoms with van der Waals surface area (Å²) in [5.41, 5.74) is 0.751. The van der Waals surface area contributed by atoms with Gasteiger partial charge in [0.2, 0.25) is 5.89 Å². The average molecular weight is 380 g/mol. The van der Waals surface area contributed by atoms with Gasteiger partial charge in [-0.1, -0.05) is 18.5 Å². The number of rotatable bonds is 7. The largest absolute Gasteiger partial charge is 0.481 e. The maximum Gasteiger partial charge on any atom is 0.314 e. The summed E-state index contributed by atoms with van der Waals surface area (Å²) in [7, 11) is 0. The van der Waals surface area contributed by atoms with Gasteiger partial charge in [-0.25, -0.2) is 4.98 Å². The molecule has 1 aromatic carbocycles. The fraction of sp³-hybridized carbons (Fsp3) is 0.389. The first-order valence-corrected chi connectivity index (χ1v) is 8.67. The van der Waals surface area contributed by atoms with Gasteiger partial charge in [0.05, 0.1) is 17.1 Å². The van der Waals surface area contributed by atoms with Crippen LogP contribution < -0.4 is 9.47 Å². The van der Waals surface area contributed by atoms with Crippen molar-refractivity contribution >= 4 is 23.5 Å². The number of fused-ring (bicyclic) bond motifs is 1. The third kappa shape index (κ3) is 3.99. The van der Waals surface area contributed by atoms with Gasteiger partial charge in [0.25, 0.3) is 0 Å². The summed E-state index contributed by atoms with van der Waals surface area (Å²) in [6.45, 7) is 1.92. The Labute approximate surface area is 154 Å². The highest BCUT2D eigenvalue weighted by atomic mass is 35.5. The van der Waals surface area contributed by atoms with E-state index < -0.39 is 24.0 Å². The first-order valence-electron chi connectivity index (χ1n) is 8.29. The first-order chi connectivity index (χ1) is 12.5. The predicted octanol–water partition coefficient (Wildman–Crippen LogP) is 3.80. The quantitative estimate of drug-likeness (QED) is 0.577. The highest BCUT2D eigenvalue weighted by Crippen LogP contribution is 2.39. The Morgan fingerprint density at radius 2 is 2.31 bits per heavy atom. The van der Waals surface area contributed by atoms with Crippen LogP contribution in [0.4, 0.5) is 0 Å². The summed E-state index contributed by atoms with van der Waals surface area (Å²) in [6, 6.07) is 3.27. The third-order valence-corrected chi connectivity index (χ3v) is 4.49. The van der Waals surface area contributed by atoms with Crippen LogP contribution in [-0.4, -0.2) is 22.0 Å². The molecule has 1 aliphatic rings. The molecule has 0 amide bonds. The molecule has 0 fully saturated rings. The van der Waals surface area contributed by atoms with Crippen molar-refractivity contribution < 1.29 is 28.6 Å². The number of ether oxygens (including phenoxy) is 2. The van der Waals surface area contributed by atoms with Crippen LogP contribution in [0.5, 0.6) is 11.5 Å². The highest BCUT2D eigenvalue weighted by Gasteiger charge is 2.30. The van der Waals surface area contributed by atoms with Gasteiger partial charge >= 0.3 is 11.9 Å². The SMILES string of the molecule is CCC(Oc1cc2c(cc1Cl)CC(CCC(=O)O)C(=O)O2)c1ncco1. The topological polar surface area (TPSA) is 98.9 Å². The number of hydrogen-bond donors (Lipinski definition) is 1. The lowest BCUT2D eigenvalue weighted by molar-refractivity contribution is -0.141. The summed E-state index contributed by atoms with van der Waals surface area (Å²) in [6.07, 6.45) is 3.74. The van der Waals surface area contributed by atoms with Crippen LogP contribution in [0.25, 0.3) is 0 Å². The highest BCUT2D eigenvalue weighted by molar-refractivity contribution is 6.32. The van der Waals surface area contributed by atoms with Gasteiger partial charge in [-0.2, -0.15) is 0 Å². The summed E-state index contributed by atoms with van der Waals surface area (Å²) < 4.78 is 16.5. The van der Waals surface area contributed by atoms with E-state index in [1.807, 2.05) is 6.92 Å². The van der Waals surface area contributed by atoms with Crippen LogP contribution in [0.2, 0.25) is 5.02 Å². The molecule has 2 aromatic rings. The maximum atomic E-state index is 12.1. The normalized spacial score (nSPS) is 17.3. The van der Waals surface area contributed by atoms with Gasteiger partial charge < -0.3 is 19.0 Å². The van der Waals surface area contributed by atoms with Crippen LogP contribution in [0.15, 0.2) is 29.0 Å². The van der Waals surface area contributed by atoms with E-state index in [0.717, 1.165) is 5.56 Å². The van der Waals surface area contributed by atoms with Crippen molar-refractivity contribution in [2.75, 3.05) is 0 Å². The Morgan fingerprint density at radius 3 is 2.96 bits per heavy atom. The molecule has 2 unspecified atom stereocenters. The van der Waals surface area contributed by atoms with E-state index in [9.17, 15) is 9.59 Å². The number of nitrogens with zero attached hydrogens (tertiary/aromatic N) is 1. The minimum absolute atomic E-state index is 0.0850. The van der Waals surface area contributed by atoms with Crippen LogP contribution in [0.1, 0.15) is 43.7 Å². The smallest absolute Gasteiger partial charge is 0.314 e. The van der Waals surface area contributed by atoms with Crippen molar-refractivity contribution in [1.29, 1.82) is 0 Å². The summed E-state index contributed by atoms with van der Waals surface area (Å²) in [4.78, 5) is 26.9. The molecule has 0 saturated heterocycles. The van der Waals surface area contributed by atoms with Gasteiger partial charge in [-0.15, -0.1) is 0 Å². The minimum atomic E-state index is -0.942. The zero-order valence-electron chi connectivity index (χ0n) is 14.1. The van der Waals surface area contributed by atoms with Crippen LogP contribution in [0.3, 0.4) is 0 Å². The van der Waals surface area contributed by atoms with E-state index in [4.69, 9.17) is 30.6 Å². The van der Waals surface area contributed by atoms with E-state index in [0.29, 0.717) is 35.3 Å². The number of esters is 1. The monoisotopic (exact) mass is 379 g/mol. The molecule has 2 heterocycles. The van der Waals surface area contributed by atoms with E-state index in [-0.39, 0.29) is 12.8 Å². The van der Waals surface area contributed by atoms with Crippen LogP contribution >= 0.6 is 11.6 Å². The average Bonchev–Trinajstić information content (AvgIpc) is 3.13. The van der Waals surface area contributed by atoms with E-state index in [1.54, 1.807) is 12.1 Å². The molecule has 0 spiro atoms. The molecular formula is C18H18ClNO6. The molecule has 26 heavy (non-hydrogen) atoms. The molecule has 7 nitrogen and oxygen atoms in total. The number of carbonyl (C=O) groups excluding carboxylic acids is 1. The van der Waals surface area contributed by atoms with Gasteiger partial charge in [0.1, 0.15) is 17.8 Å². The second-order valence-corrected chi connectivity index (χ2v) is 6.44. The molecule has 0 bridgehead atoms. The van der Waals surface area contributed by atoms with Crippen molar-refractivity contribution in [2.45, 2.75) is 38.7 Å². The first kappa shape index (κ1) is 18.3. The Hall–Kier alpha value is -2.54. The fourth-order valence-electron chi connectivity index (χ4n) is 2.83. The summed E-state index contributed by atoms with van der Waals surface area (Å²) in [5.74, 6) is -0.686. The Bertz CT molecular complexity index is 804. The van der Waals surface area contributed by atoms with Gasteiger partial charge in [0.15, 0.2) is 6.10 Å². The summed E-state index contributed by atoms with van der Waals surface area (Å²) >= 11 is 6.32. The molecular weight excluding hydrogens is 362 g/mol. The van der Waals surface area contributed by atoms with Crippen molar-refractivity contribution in [3.05, 3.63) is 41.1 Å². The molecule has 0 saturated carbocycles. The van der Waals surface area contributed by atoms with Crippen molar-refractivity contribution in [2.24, 2.45) is 5.92 Å². The molecule has 0 aliphatic carbocycles. The fourth-order valence-corrected chi connectivity index (χ4v) is 3.06. The van der Waals surface area contributed by atoms with E-state index in [2.05, 4.69) is 4.98 Å². The van der Waals surface area contributed by atoms with Crippen molar-refractivity contribution in [1.82, 2.24) is 4.98 Å². The molecule has 0 radical (unpaired) electrons. The maximum absolute atomic E-state index is 12.1.